The van der Waals surface area contributed by atoms with Gasteiger partial charge >= 0.3 is 0 Å². The number of fused-ring (bicyclic) bond motifs is 1. The van der Waals surface area contributed by atoms with Crippen LogP contribution in [-0.4, -0.2) is 48.1 Å². The van der Waals surface area contributed by atoms with E-state index < -0.39 is 0 Å². The molecule has 1 saturated carbocycles. The molecule has 1 fully saturated rings. The summed E-state index contributed by atoms with van der Waals surface area (Å²) in [5.41, 5.74) is 1.86. The predicted octanol–water partition coefficient (Wildman–Crippen LogP) is 0.352. The van der Waals surface area contributed by atoms with Gasteiger partial charge in [0.05, 0.1) is 31.1 Å². The molecule has 9 heteroatoms. The van der Waals surface area contributed by atoms with E-state index >= 15 is 0 Å². The van der Waals surface area contributed by atoms with Gasteiger partial charge in [-0.05, 0) is 18.9 Å². The molecule has 0 radical (unpaired) electrons. The number of carboxylic acid groups (broad SMARTS) is 1. The fourth-order valence-electron chi connectivity index (χ4n) is 2.62. The predicted molar refractivity (Wildman–Crippen MR) is 77.2 cm³/mol. The monoisotopic (exact) mass is 321 g/mol. The Morgan fingerprint density at radius 3 is 2.87 bits per heavy atom. The van der Waals surface area contributed by atoms with Gasteiger partial charge in [-0.25, -0.2) is 0 Å². The molecule has 0 aromatic carbocycles. The van der Waals surface area contributed by atoms with E-state index in [1.165, 1.54) is 12.8 Å². The Balaban J connectivity index is 0.000000485. The Hall–Kier alpha value is -2.26. The summed E-state index contributed by atoms with van der Waals surface area (Å²) in [4.78, 5) is 15.1. The number of nitrogens with zero attached hydrogens (tertiary/aromatic N) is 5. The van der Waals surface area contributed by atoms with Crippen molar-refractivity contribution in [3.8, 4) is 0 Å². The minimum absolute atomic E-state index is 0.00437. The second-order valence-corrected chi connectivity index (χ2v) is 5.65. The molecule has 4 rings (SSSR count). The van der Waals surface area contributed by atoms with Gasteiger partial charge in [-0.3, -0.25) is 14.4 Å². The van der Waals surface area contributed by atoms with E-state index in [4.69, 9.17) is 19.5 Å². The highest BCUT2D eigenvalue weighted by Gasteiger charge is 2.30. The zero-order valence-corrected chi connectivity index (χ0v) is 12.6. The van der Waals surface area contributed by atoms with Crippen molar-refractivity contribution in [3.05, 3.63) is 29.2 Å². The molecule has 2 aliphatic rings. The number of hydrogen-bond acceptors (Lipinski definition) is 7. The number of hydrogen-bond donors (Lipinski definition) is 2. The Labute approximate surface area is 132 Å². The zero-order chi connectivity index (χ0) is 16.2. The van der Waals surface area contributed by atoms with Gasteiger partial charge in [0.25, 0.3) is 6.47 Å². The second-order valence-electron chi connectivity index (χ2n) is 5.65. The van der Waals surface area contributed by atoms with E-state index in [1.54, 1.807) is 0 Å². The standard InChI is InChI=1S/C13H17N5O2.CH2O2/c19-8-10-5-11-6-17(3-4-18(11)15-10)7-12-14-13(20-16-12)9-1-2-9;2-1-3/h5,9,19H,1-4,6-8H2;1H,(H,2,3). The molecule has 0 spiro atoms. The lowest BCUT2D eigenvalue weighted by molar-refractivity contribution is -0.122. The van der Waals surface area contributed by atoms with Crippen LogP contribution in [0.25, 0.3) is 0 Å². The maximum Gasteiger partial charge on any atom is 0.290 e. The van der Waals surface area contributed by atoms with Gasteiger partial charge < -0.3 is 14.7 Å². The molecule has 2 aromatic heterocycles. The molecule has 0 bridgehead atoms. The normalized spacial score (nSPS) is 17.3. The van der Waals surface area contributed by atoms with Crippen molar-refractivity contribution in [2.45, 2.75) is 45.0 Å². The van der Waals surface area contributed by atoms with E-state index in [-0.39, 0.29) is 13.1 Å². The van der Waals surface area contributed by atoms with Crippen molar-refractivity contribution in [3.63, 3.8) is 0 Å². The smallest absolute Gasteiger partial charge is 0.290 e. The molecule has 0 atom stereocenters. The average Bonchev–Trinajstić information content (AvgIpc) is 3.15. The number of rotatable bonds is 4. The lowest BCUT2D eigenvalue weighted by Crippen LogP contribution is -2.33. The summed E-state index contributed by atoms with van der Waals surface area (Å²) < 4.78 is 7.25. The topological polar surface area (TPSA) is 118 Å². The summed E-state index contributed by atoms with van der Waals surface area (Å²) in [6, 6.07) is 1.96. The quantitative estimate of drug-likeness (QED) is 0.775. The lowest BCUT2D eigenvalue weighted by Gasteiger charge is -2.26. The minimum atomic E-state index is -0.250. The molecule has 124 valence electrons. The third-order valence-corrected chi connectivity index (χ3v) is 3.86. The van der Waals surface area contributed by atoms with E-state index in [0.29, 0.717) is 12.5 Å². The molecule has 0 amide bonds. The van der Waals surface area contributed by atoms with Crippen molar-refractivity contribution >= 4 is 6.47 Å². The van der Waals surface area contributed by atoms with E-state index in [2.05, 4.69) is 20.1 Å². The summed E-state index contributed by atoms with van der Waals surface area (Å²) in [6.45, 7) is 3.00. The summed E-state index contributed by atoms with van der Waals surface area (Å²) in [5.74, 6) is 2.07. The minimum Gasteiger partial charge on any atom is -0.483 e. The van der Waals surface area contributed by atoms with Crippen LogP contribution in [0.1, 0.15) is 41.9 Å². The summed E-state index contributed by atoms with van der Waals surface area (Å²) in [6.07, 6.45) is 2.35. The Morgan fingerprint density at radius 2 is 2.17 bits per heavy atom. The van der Waals surface area contributed by atoms with Crippen LogP contribution < -0.4 is 0 Å². The zero-order valence-electron chi connectivity index (χ0n) is 12.6. The largest absolute Gasteiger partial charge is 0.483 e. The second kappa shape index (κ2) is 6.88. The third kappa shape index (κ3) is 3.74. The van der Waals surface area contributed by atoms with Gasteiger partial charge in [0.15, 0.2) is 5.82 Å². The van der Waals surface area contributed by atoms with Crippen molar-refractivity contribution in [1.82, 2.24) is 24.8 Å². The maximum atomic E-state index is 9.13. The van der Waals surface area contributed by atoms with Crippen LogP contribution in [0.2, 0.25) is 0 Å². The van der Waals surface area contributed by atoms with Crippen LogP contribution in [0.4, 0.5) is 0 Å². The van der Waals surface area contributed by atoms with Crippen molar-refractivity contribution in [1.29, 1.82) is 0 Å². The molecule has 9 nitrogen and oxygen atoms in total. The number of aliphatic hydroxyl groups is 1. The van der Waals surface area contributed by atoms with Crippen LogP contribution in [0.15, 0.2) is 10.6 Å². The van der Waals surface area contributed by atoms with Crippen molar-refractivity contribution < 1.29 is 19.5 Å². The molecule has 1 aliphatic carbocycles. The van der Waals surface area contributed by atoms with Crippen LogP contribution in [-0.2, 0) is 31.0 Å². The van der Waals surface area contributed by atoms with Crippen LogP contribution >= 0.6 is 0 Å². The van der Waals surface area contributed by atoms with Gasteiger partial charge in [0.2, 0.25) is 5.89 Å². The highest BCUT2D eigenvalue weighted by molar-refractivity contribution is 5.32. The van der Waals surface area contributed by atoms with Crippen LogP contribution in [0.3, 0.4) is 0 Å². The molecule has 23 heavy (non-hydrogen) atoms. The van der Waals surface area contributed by atoms with Crippen LogP contribution in [0.5, 0.6) is 0 Å². The number of carbonyl (C=O) groups is 1. The molecular formula is C14H19N5O4. The van der Waals surface area contributed by atoms with Gasteiger partial charge in [-0.1, -0.05) is 5.16 Å². The van der Waals surface area contributed by atoms with Crippen LogP contribution in [0, 0.1) is 0 Å². The highest BCUT2D eigenvalue weighted by atomic mass is 16.5. The first-order valence-corrected chi connectivity index (χ1v) is 7.52. The Morgan fingerprint density at radius 1 is 1.39 bits per heavy atom. The fourth-order valence-corrected chi connectivity index (χ4v) is 2.62. The van der Waals surface area contributed by atoms with Gasteiger partial charge in [0, 0.05) is 19.0 Å². The summed E-state index contributed by atoms with van der Waals surface area (Å²) in [7, 11) is 0. The van der Waals surface area contributed by atoms with Gasteiger partial charge in [-0.2, -0.15) is 10.1 Å². The van der Waals surface area contributed by atoms with Crippen molar-refractivity contribution in [2.75, 3.05) is 6.54 Å². The van der Waals surface area contributed by atoms with Gasteiger partial charge in [0.1, 0.15) is 0 Å². The maximum absolute atomic E-state index is 9.13. The molecule has 2 N–H and O–H groups in total. The molecule has 3 heterocycles. The molecular weight excluding hydrogens is 302 g/mol. The van der Waals surface area contributed by atoms with E-state index in [0.717, 1.165) is 42.7 Å². The first kappa shape index (κ1) is 15.6. The molecule has 0 saturated heterocycles. The summed E-state index contributed by atoms with van der Waals surface area (Å²) >= 11 is 0. The highest BCUT2D eigenvalue weighted by Crippen LogP contribution is 2.38. The first-order valence-electron chi connectivity index (χ1n) is 7.52. The number of aromatic nitrogens is 4. The van der Waals surface area contributed by atoms with E-state index in [9.17, 15) is 0 Å². The van der Waals surface area contributed by atoms with E-state index in [1.807, 2.05) is 10.7 Å². The lowest BCUT2D eigenvalue weighted by atomic mass is 10.3. The Bertz CT molecular complexity index is 664. The first-order chi connectivity index (χ1) is 11.2. The number of aliphatic hydroxyl groups excluding tert-OH is 1. The summed E-state index contributed by atoms with van der Waals surface area (Å²) in [5, 5.41) is 24.4. The fraction of sp³-hybridized carbons (Fsp3) is 0.571. The van der Waals surface area contributed by atoms with Crippen molar-refractivity contribution in [2.24, 2.45) is 0 Å². The third-order valence-electron chi connectivity index (χ3n) is 3.86. The SMILES string of the molecule is O=CO.OCc1cc2n(n1)CCN(Cc1noc(C3CC3)n1)C2. The molecule has 2 aromatic rings. The molecule has 1 aliphatic heterocycles. The Kier molecular flexibility index (Phi) is 4.68. The molecule has 0 unspecified atom stereocenters. The average molecular weight is 321 g/mol. The van der Waals surface area contributed by atoms with Gasteiger partial charge in [-0.15, -0.1) is 0 Å².